The van der Waals surface area contributed by atoms with Crippen molar-refractivity contribution in [3.05, 3.63) is 104 Å². The molecule has 0 heterocycles. The van der Waals surface area contributed by atoms with Gasteiger partial charge >= 0.3 is 0 Å². The van der Waals surface area contributed by atoms with Crippen molar-refractivity contribution < 1.29 is 10.2 Å². The van der Waals surface area contributed by atoms with Gasteiger partial charge in [0.25, 0.3) is 0 Å². The van der Waals surface area contributed by atoms with Gasteiger partial charge in [0.05, 0.1) is 12.1 Å². The van der Waals surface area contributed by atoms with Crippen molar-refractivity contribution >= 4 is 12.4 Å². The van der Waals surface area contributed by atoms with Crippen LogP contribution < -0.4 is 0 Å². The van der Waals surface area contributed by atoms with Gasteiger partial charge in [0.15, 0.2) is 0 Å². The van der Waals surface area contributed by atoms with Gasteiger partial charge in [-0.25, -0.2) is 0 Å². The number of aromatic hydroxyl groups is 2. The molecule has 4 aromatic carbocycles. The summed E-state index contributed by atoms with van der Waals surface area (Å²) in [5.74, 6) is 0.534. The molecule has 4 aromatic rings. The molecular weight excluding hydrogens is 613 g/mol. The van der Waals surface area contributed by atoms with Crippen LogP contribution in [0.4, 0.5) is 0 Å². The lowest BCUT2D eigenvalue weighted by Gasteiger charge is -2.26. The topological polar surface area (TPSA) is 65.2 Å². The van der Waals surface area contributed by atoms with E-state index in [1.807, 2.05) is 24.6 Å². The summed E-state index contributed by atoms with van der Waals surface area (Å²) in [6.07, 6.45) is 7.78. The highest BCUT2D eigenvalue weighted by atomic mass is 16.3. The number of nitrogens with zero attached hydrogens (tertiary/aromatic N) is 2. The second-order valence-electron chi connectivity index (χ2n) is 16.9. The van der Waals surface area contributed by atoms with E-state index in [0.717, 1.165) is 92.4 Å². The predicted octanol–water partition coefficient (Wildman–Crippen LogP) is 11.7. The zero-order valence-electron chi connectivity index (χ0n) is 32.5. The van der Waals surface area contributed by atoms with Crippen LogP contribution in [0.25, 0.3) is 22.3 Å². The number of phenolic OH excluding ortho intramolecular Hbond substituents is 2. The van der Waals surface area contributed by atoms with Crippen molar-refractivity contribution in [2.45, 2.75) is 132 Å². The maximum absolute atomic E-state index is 11.6. The van der Waals surface area contributed by atoms with Gasteiger partial charge in [-0.3, -0.25) is 9.98 Å². The number of rotatable bonds is 6. The molecule has 0 amide bonds. The van der Waals surface area contributed by atoms with Crippen LogP contribution in [0.3, 0.4) is 0 Å². The molecule has 0 saturated heterocycles. The fraction of sp³-hybridized carbons (Fsp3) is 0.435. The second kappa shape index (κ2) is 14.2. The van der Waals surface area contributed by atoms with Gasteiger partial charge in [-0.2, -0.15) is 0 Å². The molecule has 0 bridgehead atoms. The predicted molar refractivity (Wildman–Crippen MR) is 214 cm³/mol. The largest absolute Gasteiger partial charge is 0.507 e. The monoisotopic (exact) mass is 670 g/mol. The Labute approximate surface area is 301 Å². The van der Waals surface area contributed by atoms with E-state index in [1.165, 1.54) is 11.1 Å². The first-order valence-electron chi connectivity index (χ1n) is 18.3. The molecule has 5 rings (SSSR count). The SMILES string of the molecule is Cc1cc(C=N[C@H]2CCCC[C@@H]2N=Cc2cc(C)cc(-c3c(C)cc(C(C)(C)C)cc3C)c2O)c(O)c(-c2c(C)cc(C(C)(C)C)cc2C)c1. The van der Waals surface area contributed by atoms with Crippen LogP contribution in [0, 0.1) is 41.5 Å². The summed E-state index contributed by atoms with van der Waals surface area (Å²) in [6.45, 7) is 26.1. The summed E-state index contributed by atoms with van der Waals surface area (Å²) in [5, 5.41) is 23.2. The summed E-state index contributed by atoms with van der Waals surface area (Å²) < 4.78 is 0. The lowest BCUT2D eigenvalue weighted by atomic mass is 9.82. The summed E-state index contributed by atoms with van der Waals surface area (Å²) in [4.78, 5) is 10.1. The smallest absolute Gasteiger partial charge is 0.132 e. The maximum Gasteiger partial charge on any atom is 0.132 e. The maximum atomic E-state index is 11.6. The highest BCUT2D eigenvalue weighted by Crippen LogP contribution is 2.41. The molecule has 1 aliphatic rings. The Kier molecular flexibility index (Phi) is 10.5. The average molecular weight is 671 g/mol. The zero-order valence-corrected chi connectivity index (χ0v) is 32.5. The minimum absolute atomic E-state index is 0.00115. The number of hydrogen-bond acceptors (Lipinski definition) is 4. The fourth-order valence-electron chi connectivity index (χ4n) is 7.63. The van der Waals surface area contributed by atoms with E-state index in [-0.39, 0.29) is 34.4 Å². The molecular formula is C46H58N2O2. The highest BCUT2D eigenvalue weighted by Gasteiger charge is 2.25. The van der Waals surface area contributed by atoms with Gasteiger partial charge in [-0.15, -0.1) is 0 Å². The Bertz CT molecular complexity index is 1780. The molecule has 0 unspecified atom stereocenters. The van der Waals surface area contributed by atoms with Crippen LogP contribution in [0.2, 0.25) is 0 Å². The number of hydrogen-bond donors (Lipinski definition) is 2. The van der Waals surface area contributed by atoms with Gasteiger partial charge < -0.3 is 10.2 Å². The van der Waals surface area contributed by atoms with Crippen LogP contribution in [-0.4, -0.2) is 34.7 Å². The lowest BCUT2D eigenvalue weighted by Crippen LogP contribution is -2.27. The molecule has 1 saturated carbocycles. The third kappa shape index (κ3) is 7.90. The second-order valence-corrected chi connectivity index (χ2v) is 16.9. The van der Waals surface area contributed by atoms with Crippen molar-refractivity contribution in [2.75, 3.05) is 0 Å². The van der Waals surface area contributed by atoms with Gasteiger partial charge in [0, 0.05) is 34.7 Å². The van der Waals surface area contributed by atoms with E-state index in [1.54, 1.807) is 0 Å². The van der Waals surface area contributed by atoms with Gasteiger partial charge in [0.2, 0.25) is 0 Å². The number of benzene rings is 4. The van der Waals surface area contributed by atoms with Crippen LogP contribution in [-0.2, 0) is 10.8 Å². The van der Waals surface area contributed by atoms with Gasteiger partial charge in [-0.05, 0) is 145 Å². The Morgan fingerprint density at radius 1 is 0.520 bits per heavy atom. The number of phenols is 2. The number of aryl methyl sites for hydroxylation is 6. The molecule has 264 valence electrons. The van der Waals surface area contributed by atoms with Crippen LogP contribution in [0.1, 0.15) is 123 Å². The molecule has 2 atom stereocenters. The van der Waals surface area contributed by atoms with E-state index in [9.17, 15) is 10.2 Å². The first-order chi connectivity index (χ1) is 23.3. The molecule has 0 aromatic heterocycles. The highest BCUT2D eigenvalue weighted by molar-refractivity contribution is 5.92. The first kappa shape index (κ1) is 37.1. The molecule has 4 heteroatoms. The molecule has 2 N–H and O–H groups in total. The Morgan fingerprint density at radius 3 is 1.14 bits per heavy atom. The van der Waals surface area contributed by atoms with Crippen molar-refractivity contribution in [3.63, 3.8) is 0 Å². The summed E-state index contributed by atoms with van der Waals surface area (Å²) in [7, 11) is 0. The van der Waals surface area contributed by atoms with Gasteiger partial charge in [0.1, 0.15) is 11.5 Å². The average Bonchev–Trinajstić information content (AvgIpc) is 3.01. The summed E-state index contributed by atoms with van der Waals surface area (Å²) >= 11 is 0. The molecule has 1 fully saturated rings. The van der Waals surface area contributed by atoms with E-state index >= 15 is 0 Å². The Morgan fingerprint density at radius 2 is 0.840 bits per heavy atom. The molecule has 50 heavy (non-hydrogen) atoms. The molecule has 1 aliphatic carbocycles. The summed E-state index contributed by atoms with van der Waals surface area (Å²) in [6, 6.07) is 17.2. The normalized spacial score (nSPS) is 17.3. The van der Waals surface area contributed by atoms with Crippen LogP contribution in [0.5, 0.6) is 11.5 Å². The minimum Gasteiger partial charge on any atom is -0.507 e. The standard InChI is InChI=1S/C46H58N2O2/c1-27-17-33(43(49)37(19-27)41-29(3)21-35(22-30(41)4)45(7,8)9)25-47-39-15-13-14-16-40(39)48-26-34-18-28(2)20-38(44(34)50)42-31(5)23-36(24-32(42)6)46(10,11)12/h17-26,39-40,49-50H,13-16H2,1-12H3/t39-,40-/m0/s1. The Balaban J connectivity index is 1.45. The third-order valence-corrected chi connectivity index (χ3v) is 10.4. The molecule has 4 nitrogen and oxygen atoms in total. The van der Waals surface area contributed by atoms with Crippen LogP contribution >= 0.6 is 0 Å². The zero-order chi connectivity index (χ0) is 36.7. The fourth-order valence-corrected chi connectivity index (χ4v) is 7.63. The minimum atomic E-state index is -0.00115. The lowest BCUT2D eigenvalue weighted by molar-refractivity contribution is 0.390. The van der Waals surface area contributed by atoms with E-state index < -0.39 is 0 Å². The Hall–Kier alpha value is -4.18. The van der Waals surface area contributed by atoms with E-state index in [4.69, 9.17) is 9.98 Å². The van der Waals surface area contributed by atoms with E-state index in [2.05, 4.69) is 119 Å². The molecule has 0 spiro atoms. The van der Waals surface area contributed by atoms with Crippen molar-refractivity contribution in [1.29, 1.82) is 0 Å². The first-order valence-corrected chi connectivity index (χ1v) is 18.3. The summed E-state index contributed by atoms with van der Waals surface area (Å²) in [5.41, 5.74) is 14.8. The number of aliphatic imine (C=N–C) groups is 2. The third-order valence-electron chi connectivity index (χ3n) is 10.4. The quantitative estimate of drug-likeness (QED) is 0.201. The van der Waals surface area contributed by atoms with Crippen molar-refractivity contribution in [3.8, 4) is 33.8 Å². The molecule has 0 radical (unpaired) electrons. The van der Waals surface area contributed by atoms with E-state index in [0.29, 0.717) is 0 Å². The molecule has 0 aliphatic heterocycles. The van der Waals surface area contributed by atoms with Crippen molar-refractivity contribution in [1.82, 2.24) is 0 Å². The van der Waals surface area contributed by atoms with Crippen molar-refractivity contribution in [2.24, 2.45) is 9.98 Å². The van der Waals surface area contributed by atoms with Crippen LogP contribution in [0.15, 0.2) is 58.5 Å². The van der Waals surface area contributed by atoms with Gasteiger partial charge in [-0.1, -0.05) is 78.6 Å².